The molecule has 23 heavy (non-hydrogen) atoms. The van der Waals surface area contributed by atoms with Crippen molar-refractivity contribution in [3.8, 4) is 5.75 Å². The van der Waals surface area contributed by atoms with Gasteiger partial charge in [-0.2, -0.15) is 0 Å². The summed E-state index contributed by atoms with van der Waals surface area (Å²) >= 11 is 0. The van der Waals surface area contributed by atoms with Crippen LogP contribution in [0.3, 0.4) is 0 Å². The minimum atomic E-state index is -0.474. The van der Waals surface area contributed by atoms with Crippen LogP contribution in [-0.2, 0) is 4.74 Å². The van der Waals surface area contributed by atoms with Crippen molar-refractivity contribution in [2.45, 2.75) is 77.7 Å². The van der Waals surface area contributed by atoms with Crippen LogP contribution in [0, 0.1) is 0 Å². The van der Waals surface area contributed by atoms with Gasteiger partial charge in [0.1, 0.15) is 17.0 Å². The van der Waals surface area contributed by atoms with E-state index in [9.17, 15) is 4.79 Å². The molecule has 0 saturated carbocycles. The van der Waals surface area contributed by atoms with Crippen molar-refractivity contribution in [1.82, 2.24) is 4.90 Å². The summed E-state index contributed by atoms with van der Waals surface area (Å²) in [5, 5.41) is 0. The Morgan fingerprint density at radius 1 is 1.13 bits per heavy atom. The second-order valence-electron chi connectivity index (χ2n) is 7.86. The monoisotopic (exact) mass is 319 g/mol. The maximum Gasteiger partial charge on any atom is 0.410 e. The normalized spacial score (nSPS) is 28.3. The highest BCUT2D eigenvalue weighted by atomic mass is 16.6. The van der Waals surface area contributed by atoms with Gasteiger partial charge in [0.15, 0.2) is 0 Å². The average molecular weight is 319 g/mol. The molecule has 0 spiro atoms. The molecule has 0 radical (unpaired) electrons. The second kappa shape index (κ2) is 6.42. The fraction of sp³-hybridized carbons (Fsp3) is 0.632. The zero-order valence-electron chi connectivity index (χ0n) is 15.1. The second-order valence-corrected chi connectivity index (χ2v) is 7.86. The van der Waals surface area contributed by atoms with E-state index >= 15 is 0 Å². The SMILES string of the molecule is CC1CC(C)(Oc2ccccc2)CC(C)N1C(=O)OC(C)(C)C. The Labute approximate surface area is 139 Å². The highest BCUT2D eigenvalue weighted by molar-refractivity contribution is 5.69. The fourth-order valence-electron chi connectivity index (χ4n) is 3.50. The Balaban J connectivity index is 2.08. The standard InChI is InChI=1S/C19H29NO3/c1-14-12-19(6,22-16-10-8-7-9-11-16)13-15(2)20(14)17(21)23-18(3,4)5/h7-11,14-15H,12-13H2,1-6H3. The van der Waals surface area contributed by atoms with E-state index in [-0.39, 0.29) is 23.8 Å². The summed E-state index contributed by atoms with van der Waals surface area (Å²) in [5.74, 6) is 0.875. The van der Waals surface area contributed by atoms with Crippen LogP contribution in [0.2, 0.25) is 0 Å². The Morgan fingerprint density at radius 3 is 2.13 bits per heavy atom. The van der Waals surface area contributed by atoms with Crippen LogP contribution in [-0.4, -0.2) is 34.3 Å². The number of carbonyl (C=O) groups is 1. The average Bonchev–Trinajstić information content (AvgIpc) is 2.35. The van der Waals surface area contributed by atoms with E-state index < -0.39 is 5.60 Å². The molecule has 4 heteroatoms. The van der Waals surface area contributed by atoms with Crippen LogP contribution < -0.4 is 4.74 Å². The fourth-order valence-corrected chi connectivity index (χ4v) is 3.50. The molecule has 1 aliphatic heterocycles. The van der Waals surface area contributed by atoms with Crippen molar-refractivity contribution >= 4 is 6.09 Å². The third-order valence-corrected chi connectivity index (χ3v) is 4.12. The van der Waals surface area contributed by atoms with Gasteiger partial charge in [0.2, 0.25) is 0 Å². The van der Waals surface area contributed by atoms with Crippen molar-refractivity contribution in [3.05, 3.63) is 30.3 Å². The number of hydrogen-bond donors (Lipinski definition) is 0. The molecule has 0 bridgehead atoms. The molecule has 1 aliphatic rings. The van der Waals surface area contributed by atoms with E-state index in [0.717, 1.165) is 18.6 Å². The van der Waals surface area contributed by atoms with Crippen molar-refractivity contribution in [2.24, 2.45) is 0 Å². The number of amides is 1. The van der Waals surface area contributed by atoms with Crippen LogP contribution in [0.1, 0.15) is 54.4 Å². The first-order valence-corrected chi connectivity index (χ1v) is 8.35. The lowest BCUT2D eigenvalue weighted by Gasteiger charge is -2.47. The van der Waals surface area contributed by atoms with Crippen LogP contribution >= 0.6 is 0 Å². The third-order valence-electron chi connectivity index (χ3n) is 4.12. The minimum absolute atomic E-state index is 0.0716. The minimum Gasteiger partial charge on any atom is -0.487 e. The van der Waals surface area contributed by atoms with Gasteiger partial charge in [-0.25, -0.2) is 4.79 Å². The number of para-hydroxylation sites is 1. The smallest absolute Gasteiger partial charge is 0.410 e. The molecule has 2 rings (SSSR count). The number of benzene rings is 1. The van der Waals surface area contributed by atoms with Gasteiger partial charge in [-0.15, -0.1) is 0 Å². The summed E-state index contributed by atoms with van der Waals surface area (Å²) in [4.78, 5) is 14.3. The summed E-state index contributed by atoms with van der Waals surface area (Å²) in [7, 11) is 0. The molecule has 4 nitrogen and oxygen atoms in total. The quantitative estimate of drug-likeness (QED) is 0.797. The lowest BCUT2D eigenvalue weighted by Crippen LogP contribution is -2.57. The van der Waals surface area contributed by atoms with Crippen LogP contribution in [0.25, 0.3) is 0 Å². The van der Waals surface area contributed by atoms with Crippen molar-refractivity contribution < 1.29 is 14.3 Å². The largest absolute Gasteiger partial charge is 0.487 e. The number of likely N-dealkylation sites (tertiary alicyclic amines) is 1. The van der Waals surface area contributed by atoms with Gasteiger partial charge < -0.3 is 14.4 Å². The topological polar surface area (TPSA) is 38.8 Å². The van der Waals surface area contributed by atoms with E-state index in [1.54, 1.807) is 0 Å². The maximum absolute atomic E-state index is 12.5. The summed E-state index contributed by atoms with van der Waals surface area (Å²) < 4.78 is 11.8. The molecule has 1 aromatic rings. The first-order valence-electron chi connectivity index (χ1n) is 8.35. The van der Waals surface area contributed by atoms with Crippen LogP contribution in [0.5, 0.6) is 5.75 Å². The molecule has 128 valence electrons. The van der Waals surface area contributed by atoms with Gasteiger partial charge in [0, 0.05) is 24.9 Å². The van der Waals surface area contributed by atoms with Crippen LogP contribution in [0.4, 0.5) is 4.79 Å². The number of nitrogens with zero attached hydrogens (tertiary/aromatic N) is 1. The summed E-state index contributed by atoms with van der Waals surface area (Å²) in [6.45, 7) is 11.9. The number of hydrogen-bond acceptors (Lipinski definition) is 3. The summed E-state index contributed by atoms with van der Waals surface area (Å²) in [5.41, 5.74) is -0.753. The number of ether oxygens (including phenoxy) is 2. The maximum atomic E-state index is 12.5. The zero-order chi connectivity index (χ0) is 17.3. The number of piperidine rings is 1. The first-order chi connectivity index (χ1) is 10.6. The molecule has 1 fully saturated rings. The summed E-state index contributed by atoms with van der Waals surface area (Å²) in [6, 6.07) is 10.0. The van der Waals surface area contributed by atoms with Crippen molar-refractivity contribution in [3.63, 3.8) is 0 Å². The Morgan fingerprint density at radius 2 is 1.65 bits per heavy atom. The molecule has 0 N–H and O–H groups in total. The van der Waals surface area contributed by atoms with Crippen LogP contribution in [0.15, 0.2) is 30.3 Å². The predicted octanol–water partition coefficient (Wildman–Crippen LogP) is 4.63. The van der Waals surface area contributed by atoms with E-state index in [4.69, 9.17) is 9.47 Å². The zero-order valence-corrected chi connectivity index (χ0v) is 15.1. The Kier molecular flexibility index (Phi) is 4.92. The highest BCUT2D eigenvalue weighted by Crippen LogP contribution is 2.35. The molecular weight excluding hydrogens is 290 g/mol. The molecule has 1 heterocycles. The Bertz CT molecular complexity index is 523. The molecule has 1 amide bonds. The van der Waals surface area contributed by atoms with Gasteiger partial charge in [-0.05, 0) is 53.7 Å². The molecule has 1 saturated heterocycles. The van der Waals surface area contributed by atoms with E-state index in [1.165, 1.54) is 0 Å². The Hall–Kier alpha value is -1.71. The van der Waals surface area contributed by atoms with Gasteiger partial charge in [0.25, 0.3) is 0 Å². The molecule has 2 unspecified atom stereocenters. The van der Waals surface area contributed by atoms with Crippen molar-refractivity contribution in [2.75, 3.05) is 0 Å². The van der Waals surface area contributed by atoms with Gasteiger partial charge in [-0.3, -0.25) is 0 Å². The van der Waals surface area contributed by atoms with Crippen molar-refractivity contribution in [1.29, 1.82) is 0 Å². The lowest BCUT2D eigenvalue weighted by molar-refractivity contribution is -0.0490. The summed E-state index contributed by atoms with van der Waals surface area (Å²) in [6.07, 6.45) is 1.33. The van der Waals surface area contributed by atoms with Gasteiger partial charge in [0.05, 0.1) is 0 Å². The molecule has 0 aromatic heterocycles. The molecule has 1 aromatic carbocycles. The van der Waals surface area contributed by atoms with E-state index in [1.807, 2.05) is 56.0 Å². The molecular formula is C19H29NO3. The highest BCUT2D eigenvalue weighted by Gasteiger charge is 2.43. The predicted molar refractivity (Wildman–Crippen MR) is 91.7 cm³/mol. The number of rotatable bonds is 2. The van der Waals surface area contributed by atoms with E-state index in [0.29, 0.717) is 0 Å². The number of carbonyl (C=O) groups excluding carboxylic acids is 1. The first kappa shape index (κ1) is 17.6. The van der Waals surface area contributed by atoms with E-state index in [2.05, 4.69) is 20.8 Å². The third kappa shape index (κ3) is 4.63. The lowest BCUT2D eigenvalue weighted by atomic mass is 9.84. The molecule has 2 atom stereocenters. The van der Waals surface area contributed by atoms with Gasteiger partial charge >= 0.3 is 6.09 Å². The molecule has 0 aliphatic carbocycles. The van der Waals surface area contributed by atoms with Gasteiger partial charge in [-0.1, -0.05) is 18.2 Å².